The Morgan fingerprint density at radius 1 is 1.33 bits per heavy atom. The second-order valence-corrected chi connectivity index (χ2v) is 5.52. The van der Waals surface area contributed by atoms with E-state index in [1.165, 1.54) is 16.7 Å². The minimum absolute atomic E-state index is 0.270. The summed E-state index contributed by atoms with van der Waals surface area (Å²) in [4.78, 5) is 2.99. The van der Waals surface area contributed by atoms with Crippen LogP contribution in [-0.2, 0) is 6.54 Å². The van der Waals surface area contributed by atoms with E-state index in [1.807, 2.05) is 0 Å². The molecule has 100 valence electrons. The van der Waals surface area contributed by atoms with Gasteiger partial charge in [0.1, 0.15) is 0 Å². The van der Waals surface area contributed by atoms with Gasteiger partial charge in [0.05, 0.1) is 4.99 Å². The van der Waals surface area contributed by atoms with Crippen LogP contribution in [0.4, 0.5) is 0 Å². The molecule has 0 aliphatic rings. The number of rotatable bonds is 6. The molecule has 2 N–H and O–H groups in total. The van der Waals surface area contributed by atoms with Crippen molar-refractivity contribution < 1.29 is 0 Å². The Balaban J connectivity index is 2.67. The predicted octanol–water partition coefficient (Wildman–Crippen LogP) is 3.05. The van der Waals surface area contributed by atoms with Gasteiger partial charge in [-0.05, 0) is 37.1 Å². The number of nitrogens with two attached hydrogens (primary N) is 1. The number of aryl methyl sites for hydroxylation is 2. The van der Waals surface area contributed by atoms with Crippen molar-refractivity contribution in [2.24, 2.45) is 11.7 Å². The second-order valence-electron chi connectivity index (χ2n) is 5.05. The fraction of sp³-hybridized carbons (Fsp3) is 0.533. The van der Waals surface area contributed by atoms with E-state index in [2.05, 4.69) is 50.8 Å². The number of benzene rings is 1. The minimum atomic E-state index is 0.270. The lowest BCUT2D eigenvalue weighted by Crippen LogP contribution is -2.33. The highest BCUT2D eigenvalue weighted by Gasteiger charge is 2.11. The number of thiocarbonyl (C=S) groups is 1. The molecular formula is C15H24N2S. The molecule has 18 heavy (non-hydrogen) atoms. The molecule has 0 fully saturated rings. The summed E-state index contributed by atoms with van der Waals surface area (Å²) in [5.41, 5.74) is 9.74. The monoisotopic (exact) mass is 264 g/mol. The fourth-order valence-electron chi connectivity index (χ4n) is 1.94. The highest BCUT2D eigenvalue weighted by atomic mass is 32.1. The van der Waals surface area contributed by atoms with Crippen LogP contribution in [0.25, 0.3) is 0 Å². The Hall–Kier alpha value is -0.930. The van der Waals surface area contributed by atoms with E-state index in [4.69, 9.17) is 18.0 Å². The van der Waals surface area contributed by atoms with E-state index in [0.717, 1.165) is 19.6 Å². The van der Waals surface area contributed by atoms with Gasteiger partial charge < -0.3 is 5.73 Å². The molecule has 3 heteroatoms. The smallest absolute Gasteiger partial charge is 0.0768 e. The first-order valence-corrected chi connectivity index (χ1v) is 6.92. The molecule has 0 spiro atoms. The molecule has 0 saturated carbocycles. The number of hydrogen-bond donors (Lipinski definition) is 1. The Labute approximate surface area is 116 Å². The van der Waals surface area contributed by atoms with Crippen molar-refractivity contribution in [1.29, 1.82) is 0 Å². The van der Waals surface area contributed by atoms with Crippen molar-refractivity contribution in [3.8, 4) is 0 Å². The molecular weight excluding hydrogens is 240 g/mol. The zero-order valence-corrected chi connectivity index (χ0v) is 12.7. The third-order valence-corrected chi connectivity index (χ3v) is 3.84. The van der Waals surface area contributed by atoms with Gasteiger partial charge in [-0.25, -0.2) is 0 Å². The summed E-state index contributed by atoms with van der Waals surface area (Å²) in [7, 11) is 0. The van der Waals surface area contributed by atoms with E-state index in [-0.39, 0.29) is 5.92 Å². The molecule has 1 unspecified atom stereocenters. The maximum atomic E-state index is 5.68. The average Bonchev–Trinajstić information content (AvgIpc) is 2.32. The van der Waals surface area contributed by atoms with Gasteiger partial charge in [-0.1, -0.05) is 44.3 Å². The third-order valence-electron chi connectivity index (χ3n) is 3.44. The zero-order chi connectivity index (χ0) is 13.7. The summed E-state index contributed by atoms with van der Waals surface area (Å²) < 4.78 is 0. The molecule has 1 rings (SSSR count). The minimum Gasteiger partial charge on any atom is -0.393 e. The van der Waals surface area contributed by atoms with Crippen LogP contribution < -0.4 is 5.73 Å². The van der Waals surface area contributed by atoms with Crippen molar-refractivity contribution in [3.63, 3.8) is 0 Å². The standard InChI is InChI=1S/C15H24N2S/c1-5-17(9-13(4)15(16)18)10-14-7-6-11(2)12(3)8-14/h6-8,13H,5,9-10H2,1-4H3,(H2,16,18). The largest absolute Gasteiger partial charge is 0.393 e. The molecule has 0 aromatic heterocycles. The van der Waals surface area contributed by atoms with Crippen LogP contribution in [0, 0.1) is 19.8 Å². The van der Waals surface area contributed by atoms with E-state index >= 15 is 0 Å². The Morgan fingerprint density at radius 3 is 2.50 bits per heavy atom. The van der Waals surface area contributed by atoms with Gasteiger partial charge in [0.2, 0.25) is 0 Å². The van der Waals surface area contributed by atoms with Gasteiger partial charge in [0, 0.05) is 19.0 Å². The first-order chi connectivity index (χ1) is 8.43. The van der Waals surface area contributed by atoms with Crippen molar-refractivity contribution in [2.75, 3.05) is 13.1 Å². The van der Waals surface area contributed by atoms with E-state index in [1.54, 1.807) is 0 Å². The van der Waals surface area contributed by atoms with Crippen LogP contribution in [0.5, 0.6) is 0 Å². The molecule has 0 amide bonds. The van der Waals surface area contributed by atoms with E-state index in [0.29, 0.717) is 4.99 Å². The van der Waals surface area contributed by atoms with E-state index in [9.17, 15) is 0 Å². The quantitative estimate of drug-likeness (QED) is 0.801. The molecule has 0 bridgehead atoms. The second kappa shape index (κ2) is 6.86. The Kier molecular flexibility index (Phi) is 5.76. The van der Waals surface area contributed by atoms with Crippen molar-refractivity contribution >= 4 is 17.2 Å². The molecule has 1 aromatic rings. The maximum Gasteiger partial charge on any atom is 0.0768 e. The lowest BCUT2D eigenvalue weighted by Gasteiger charge is -2.24. The summed E-state index contributed by atoms with van der Waals surface area (Å²) in [6.07, 6.45) is 0. The molecule has 0 aliphatic heterocycles. The molecule has 1 aromatic carbocycles. The molecule has 0 aliphatic carbocycles. The van der Waals surface area contributed by atoms with Crippen LogP contribution in [0.15, 0.2) is 18.2 Å². The lowest BCUT2D eigenvalue weighted by atomic mass is 10.1. The molecule has 1 atom stereocenters. The number of nitrogens with zero attached hydrogens (tertiary/aromatic N) is 1. The van der Waals surface area contributed by atoms with Crippen molar-refractivity contribution in [2.45, 2.75) is 34.2 Å². The fourth-order valence-corrected chi connectivity index (χ4v) is 2.02. The van der Waals surface area contributed by atoms with Gasteiger partial charge in [-0.15, -0.1) is 0 Å². The summed E-state index contributed by atoms with van der Waals surface area (Å²) in [5.74, 6) is 0.270. The molecule has 0 heterocycles. The van der Waals surface area contributed by atoms with Gasteiger partial charge in [0.25, 0.3) is 0 Å². The van der Waals surface area contributed by atoms with Gasteiger partial charge in [0.15, 0.2) is 0 Å². The SMILES string of the molecule is CCN(Cc1ccc(C)c(C)c1)CC(C)C(N)=S. The maximum absolute atomic E-state index is 5.68. The topological polar surface area (TPSA) is 29.3 Å². The van der Waals surface area contributed by atoms with Crippen LogP contribution >= 0.6 is 12.2 Å². The van der Waals surface area contributed by atoms with Crippen molar-refractivity contribution in [1.82, 2.24) is 4.90 Å². The summed E-state index contributed by atoms with van der Waals surface area (Å²) in [6, 6.07) is 6.66. The van der Waals surface area contributed by atoms with E-state index < -0.39 is 0 Å². The van der Waals surface area contributed by atoms with Gasteiger partial charge >= 0.3 is 0 Å². The summed E-state index contributed by atoms with van der Waals surface area (Å²) in [6.45, 7) is 11.5. The molecule has 2 nitrogen and oxygen atoms in total. The molecule has 0 radical (unpaired) electrons. The van der Waals surface area contributed by atoms with Gasteiger partial charge in [-0.3, -0.25) is 4.90 Å². The third kappa shape index (κ3) is 4.39. The number of hydrogen-bond acceptors (Lipinski definition) is 2. The first kappa shape index (κ1) is 15.1. The lowest BCUT2D eigenvalue weighted by molar-refractivity contribution is 0.264. The summed E-state index contributed by atoms with van der Waals surface area (Å²) in [5, 5.41) is 0. The van der Waals surface area contributed by atoms with Crippen LogP contribution in [-0.4, -0.2) is 23.0 Å². The highest BCUT2D eigenvalue weighted by molar-refractivity contribution is 7.80. The van der Waals surface area contributed by atoms with Crippen LogP contribution in [0.3, 0.4) is 0 Å². The first-order valence-electron chi connectivity index (χ1n) is 6.51. The normalized spacial score (nSPS) is 12.7. The van der Waals surface area contributed by atoms with Gasteiger partial charge in [-0.2, -0.15) is 0 Å². The van der Waals surface area contributed by atoms with Crippen LogP contribution in [0.2, 0.25) is 0 Å². The predicted molar refractivity (Wildman–Crippen MR) is 82.8 cm³/mol. The molecule has 0 saturated heterocycles. The summed E-state index contributed by atoms with van der Waals surface area (Å²) >= 11 is 5.04. The highest BCUT2D eigenvalue weighted by Crippen LogP contribution is 2.13. The van der Waals surface area contributed by atoms with Crippen LogP contribution in [0.1, 0.15) is 30.5 Å². The Bertz CT molecular complexity index is 415. The zero-order valence-electron chi connectivity index (χ0n) is 11.9. The average molecular weight is 264 g/mol. The Morgan fingerprint density at radius 2 is 2.00 bits per heavy atom. The van der Waals surface area contributed by atoms with Crippen molar-refractivity contribution in [3.05, 3.63) is 34.9 Å².